The summed E-state index contributed by atoms with van der Waals surface area (Å²) in [5.41, 5.74) is 0.914. The van der Waals surface area contributed by atoms with Crippen LogP contribution in [0.15, 0.2) is 12.1 Å². The summed E-state index contributed by atoms with van der Waals surface area (Å²) < 4.78 is 26.8. The third-order valence-corrected chi connectivity index (χ3v) is 6.72. The number of unbranched alkanes of at least 4 members (excludes halogenated alkanes) is 1. The first-order valence-corrected chi connectivity index (χ1v) is 9.76. The topological polar surface area (TPSA) is 89.3 Å². The van der Waals surface area contributed by atoms with Gasteiger partial charge in [-0.3, -0.25) is 10.1 Å². The summed E-state index contributed by atoms with van der Waals surface area (Å²) in [6.45, 7) is 4.34. The van der Waals surface area contributed by atoms with E-state index in [1.54, 1.807) is 27.4 Å². The second-order valence-electron chi connectivity index (χ2n) is 5.35. The minimum Gasteiger partial charge on any atom is -0.554 e. The van der Waals surface area contributed by atoms with Crippen LogP contribution >= 0.6 is 0 Å². The summed E-state index contributed by atoms with van der Waals surface area (Å²) in [6, 6.07) is 3.68. The fraction of sp³-hybridized carbons (Fsp3) is 0.562. The number of benzene rings is 1. The fourth-order valence-corrected chi connectivity index (χ4v) is 4.21. The Labute approximate surface area is 149 Å². The van der Waals surface area contributed by atoms with Gasteiger partial charge in [-0.25, -0.2) is 0 Å². The maximum absolute atomic E-state index is 11.2. The molecule has 0 unspecified atom stereocenters. The van der Waals surface area contributed by atoms with E-state index in [1.165, 1.54) is 13.2 Å². The fourth-order valence-electron chi connectivity index (χ4n) is 2.41. The van der Waals surface area contributed by atoms with Crippen molar-refractivity contribution in [3.63, 3.8) is 0 Å². The Morgan fingerprint density at radius 3 is 2.23 bits per heavy atom. The molecule has 0 saturated heterocycles. The average molecular weight is 639 g/mol. The predicted molar refractivity (Wildman–Crippen MR) is 94.6 cm³/mol. The molecule has 0 bridgehead atoms. The van der Waals surface area contributed by atoms with Gasteiger partial charge < -0.3 is 22.8 Å². The molecule has 1 aromatic rings. The van der Waals surface area contributed by atoms with E-state index < -0.39 is 13.7 Å². The minimum absolute atomic E-state index is 0. The molecule has 0 amide bonds. The molecule has 26 heavy (non-hydrogen) atoms. The van der Waals surface area contributed by atoms with E-state index in [0.717, 1.165) is 12.8 Å². The molecule has 0 radical (unpaired) electrons. The molecule has 0 N–H and O–H groups in total. The van der Waals surface area contributed by atoms with E-state index in [4.69, 9.17) is 22.8 Å². The van der Waals surface area contributed by atoms with Gasteiger partial charge >= 0.3 is 8.80 Å². The first kappa shape index (κ1) is 23.3. The number of nitrogens with zero attached hydrogens (tertiary/aromatic N) is 1. The van der Waals surface area contributed by atoms with Crippen LogP contribution in [0.1, 0.15) is 24.0 Å². The number of methoxy groups -OCH3 is 1. The van der Waals surface area contributed by atoms with Crippen molar-refractivity contribution < 1.29 is 27.7 Å². The third-order valence-electron chi connectivity index (χ3n) is 3.89. The molecule has 0 saturated carbocycles. The molecule has 0 fully saturated rings. The molecule has 1 rings (SSSR count). The Morgan fingerprint density at radius 2 is 1.73 bits per heavy atom. The third kappa shape index (κ3) is 6.01. The first-order valence-electron chi connectivity index (χ1n) is 7.83. The van der Waals surface area contributed by atoms with Gasteiger partial charge in [-0.05, 0) is 12.8 Å². The van der Waals surface area contributed by atoms with Crippen molar-refractivity contribution in [2.24, 2.45) is 0 Å². The van der Waals surface area contributed by atoms with Crippen molar-refractivity contribution in [3.05, 3.63) is 40.3 Å². The molecular formula is C16H26NO7RfSi-. The number of ether oxygens (including phenoxy) is 2. The van der Waals surface area contributed by atoms with Crippen molar-refractivity contribution in [1.29, 1.82) is 0 Å². The van der Waals surface area contributed by atoms with Gasteiger partial charge in [0.25, 0.3) is 0 Å². The molecule has 0 aromatic heterocycles. The second kappa shape index (κ2) is 11.1. The molecule has 1 aromatic carbocycles. The zero-order valence-electron chi connectivity index (χ0n) is 15.9. The smallest absolute Gasteiger partial charge is 0.500 e. The van der Waals surface area contributed by atoms with Crippen LogP contribution in [0.4, 0.5) is 5.69 Å². The summed E-state index contributed by atoms with van der Waals surface area (Å²) in [4.78, 5) is 10.7. The van der Waals surface area contributed by atoms with Crippen LogP contribution in [0.3, 0.4) is 0 Å². The Kier molecular flexibility index (Phi) is 9.93. The molecular weight excluding hydrogens is 613 g/mol. The van der Waals surface area contributed by atoms with Gasteiger partial charge in [0.1, 0.15) is 0 Å². The zero-order valence-corrected chi connectivity index (χ0v) is 23.3. The van der Waals surface area contributed by atoms with Crippen molar-refractivity contribution in [1.82, 2.24) is 0 Å². The van der Waals surface area contributed by atoms with Gasteiger partial charge in [0.2, 0.25) is 5.69 Å². The van der Waals surface area contributed by atoms with Gasteiger partial charge in [-0.15, -0.1) is 5.56 Å². The van der Waals surface area contributed by atoms with Crippen LogP contribution < -0.4 is 4.74 Å². The molecule has 0 aliphatic rings. The summed E-state index contributed by atoms with van der Waals surface area (Å²) in [5, 5.41) is 11.2. The van der Waals surface area contributed by atoms with Crippen molar-refractivity contribution in [2.75, 3.05) is 35.0 Å². The standard InChI is InChI=1S/C16H26NO7Si.Rf/c1-13-10-15(17(18)19)14(11-16(13)20-2)12-24-8-6-7-9-25(21-3,22-4)23-5;/h10-11H,1,6-9,12H2,2-5H3;/q-1;. The van der Waals surface area contributed by atoms with Crippen LogP contribution in [0, 0.1) is 17.0 Å². The maximum Gasteiger partial charge on any atom is 0.500 e. The molecule has 144 valence electrons. The largest absolute Gasteiger partial charge is 0.554 e. The van der Waals surface area contributed by atoms with Crippen molar-refractivity contribution in [3.8, 4) is 5.75 Å². The molecule has 0 aliphatic heterocycles. The molecule has 10 heteroatoms. The molecule has 0 aliphatic carbocycles. The van der Waals surface area contributed by atoms with Gasteiger partial charge in [-0.1, -0.05) is 12.1 Å². The summed E-state index contributed by atoms with van der Waals surface area (Å²) in [7, 11) is 3.68. The Bertz CT molecular complexity index is 562. The van der Waals surface area contributed by atoms with E-state index >= 15 is 0 Å². The van der Waals surface area contributed by atoms with Crippen LogP contribution in [0.2, 0.25) is 6.04 Å². The maximum atomic E-state index is 11.2. The van der Waals surface area contributed by atoms with Crippen LogP contribution in [0.5, 0.6) is 5.75 Å². The molecule has 0 heterocycles. The van der Waals surface area contributed by atoms with E-state index in [9.17, 15) is 10.1 Å². The number of hydrogen-bond acceptors (Lipinski definition) is 7. The second-order valence-corrected chi connectivity index (χ2v) is 8.45. The minimum atomic E-state index is -2.55. The molecule has 8 nitrogen and oxygen atoms in total. The number of nitro benzene ring substituents is 1. The van der Waals surface area contributed by atoms with Crippen molar-refractivity contribution >= 4 is 14.5 Å². The Hall–Kier alpha value is -2.65. The summed E-state index contributed by atoms with van der Waals surface area (Å²) in [6.07, 6.45) is 1.58. The van der Waals surface area contributed by atoms with Gasteiger partial charge in [0.15, 0.2) is 0 Å². The zero-order chi connectivity index (χ0) is 18.9. The molecule has 0 spiro atoms. The van der Waals surface area contributed by atoms with Gasteiger partial charge in [0.05, 0.1) is 13.7 Å². The quantitative estimate of drug-likeness (QED) is 0.114. The van der Waals surface area contributed by atoms with Crippen LogP contribution in [-0.2, 0) is 24.6 Å². The van der Waals surface area contributed by atoms with E-state index in [0.29, 0.717) is 29.5 Å². The first-order chi connectivity index (χ1) is 11.9. The van der Waals surface area contributed by atoms with E-state index in [2.05, 4.69) is 6.92 Å². The number of rotatable bonds is 12. The average Bonchev–Trinajstić information content (AvgIpc) is 2.62. The monoisotopic (exact) mass is 639 g/mol. The van der Waals surface area contributed by atoms with Crippen LogP contribution in [-0.4, -0.2) is 48.8 Å². The number of nitro groups is 1. The van der Waals surface area contributed by atoms with Crippen molar-refractivity contribution in [2.45, 2.75) is 25.5 Å². The van der Waals surface area contributed by atoms with Crippen LogP contribution in [0.25, 0.3) is 0 Å². The normalized spacial score (nSPS) is 11.1. The summed E-state index contributed by atoms with van der Waals surface area (Å²) >= 11 is 0. The van der Waals surface area contributed by atoms with E-state index in [1.807, 2.05) is 0 Å². The number of hydrogen-bond donors (Lipinski definition) is 0. The summed E-state index contributed by atoms with van der Waals surface area (Å²) in [5.74, 6) is 0.500. The predicted octanol–water partition coefficient (Wildman–Crippen LogP) is 2.96. The SMILES string of the molecule is [CH2-]c1cc([N+](=O)[O-])c(COCCCC[Si](OC)(OC)OC)cc1OC.[Rf]. The Morgan fingerprint density at radius 1 is 1.12 bits per heavy atom. The Balaban J connectivity index is 0.00000625. The molecule has 0 atom stereocenters. The van der Waals surface area contributed by atoms with E-state index in [-0.39, 0.29) is 12.3 Å². The van der Waals surface area contributed by atoms with Gasteiger partial charge in [-0.2, -0.15) is 6.92 Å². The van der Waals surface area contributed by atoms with Gasteiger partial charge in [0, 0.05) is 50.2 Å².